The summed E-state index contributed by atoms with van der Waals surface area (Å²) < 4.78 is 3.33. The van der Waals surface area contributed by atoms with Gasteiger partial charge in [-0.3, -0.25) is 9.59 Å². The quantitative estimate of drug-likeness (QED) is 0.501. The first-order valence-electron chi connectivity index (χ1n) is 10.8. The van der Waals surface area contributed by atoms with Crippen molar-refractivity contribution in [2.45, 2.75) is 47.1 Å². The number of benzene rings is 2. The SMILES string of the molecule is CCn1c(C)c(CCC(=O)Nc2ccc(C)cc2C)c(=O)n2nc(-c3ccccc3)nc12. The van der Waals surface area contributed by atoms with Crippen LogP contribution in [0.4, 0.5) is 5.69 Å². The molecule has 0 aliphatic heterocycles. The van der Waals surface area contributed by atoms with Gasteiger partial charge in [-0.05, 0) is 45.7 Å². The molecule has 0 spiro atoms. The number of carbonyl (C=O) groups is 1. The van der Waals surface area contributed by atoms with Crippen molar-refractivity contribution in [3.8, 4) is 11.4 Å². The molecule has 7 nitrogen and oxygen atoms in total. The molecule has 2 heterocycles. The van der Waals surface area contributed by atoms with Crippen molar-refractivity contribution in [3.05, 3.63) is 81.3 Å². The lowest BCUT2D eigenvalue weighted by molar-refractivity contribution is -0.116. The second kappa shape index (κ2) is 8.78. The Bertz CT molecular complexity index is 1350. The first-order chi connectivity index (χ1) is 15.4. The first kappa shape index (κ1) is 21.5. The van der Waals surface area contributed by atoms with Crippen LogP contribution in [0.3, 0.4) is 0 Å². The first-order valence-corrected chi connectivity index (χ1v) is 10.8. The Morgan fingerprint density at radius 1 is 1.06 bits per heavy atom. The lowest BCUT2D eigenvalue weighted by Gasteiger charge is -2.14. The third kappa shape index (κ3) is 4.06. The zero-order chi connectivity index (χ0) is 22.8. The number of aryl methyl sites for hydroxylation is 3. The zero-order valence-corrected chi connectivity index (χ0v) is 18.8. The fourth-order valence-corrected chi connectivity index (χ4v) is 3.99. The molecule has 4 rings (SSSR count). The summed E-state index contributed by atoms with van der Waals surface area (Å²) in [5, 5.41) is 7.43. The van der Waals surface area contributed by atoms with Crippen LogP contribution in [0.25, 0.3) is 17.2 Å². The summed E-state index contributed by atoms with van der Waals surface area (Å²) in [6, 6.07) is 15.5. The number of anilines is 1. The fraction of sp³-hybridized carbons (Fsp3) is 0.280. The molecule has 32 heavy (non-hydrogen) atoms. The van der Waals surface area contributed by atoms with Crippen LogP contribution in [0.2, 0.25) is 0 Å². The lowest BCUT2D eigenvalue weighted by atomic mass is 10.1. The Labute approximate surface area is 186 Å². The van der Waals surface area contributed by atoms with E-state index in [-0.39, 0.29) is 17.9 Å². The third-order valence-electron chi connectivity index (χ3n) is 5.73. The molecule has 0 bridgehead atoms. The highest BCUT2D eigenvalue weighted by Crippen LogP contribution is 2.19. The van der Waals surface area contributed by atoms with Gasteiger partial charge in [0, 0.05) is 35.5 Å². The lowest BCUT2D eigenvalue weighted by Crippen LogP contribution is -2.27. The number of fused-ring (bicyclic) bond motifs is 1. The van der Waals surface area contributed by atoms with Gasteiger partial charge in [0.25, 0.3) is 5.56 Å². The molecule has 0 saturated heterocycles. The maximum absolute atomic E-state index is 13.2. The van der Waals surface area contributed by atoms with Crippen LogP contribution in [0.15, 0.2) is 53.3 Å². The van der Waals surface area contributed by atoms with Crippen molar-refractivity contribution >= 4 is 17.4 Å². The van der Waals surface area contributed by atoms with Gasteiger partial charge in [-0.25, -0.2) is 0 Å². The maximum Gasteiger partial charge on any atom is 0.279 e. The molecule has 164 valence electrons. The standard InChI is InChI=1S/C25H27N5O2/c1-5-29-18(4)20(12-14-22(31)26-21-13-11-16(2)15-17(21)3)24(32)30-25(29)27-23(28-30)19-9-7-6-8-10-19/h6-11,13,15H,5,12,14H2,1-4H3,(H,26,31). The van der Waals surface area contributed by atoms with E-state index in [1.165, 1.54) is 4.52 Å². The van der Waals surface area contributed by atoms with Gasteiger partial charge < -0.3 is 9.88 Å². The Hall–Kier alpha value is -3.74. The molecule has 0 aliphatic carbocycles. The largest absolute Gasteiger partial charge is 0.326 e. The average molecular weight is 430 g/mol. The van der Waals surface area contributed by atoms with Gasteiger partial charge in [0.2, 0.25) is 11.7 Å². The summed E-state index contributed by atoms with van der Waals surface area (Å²) in [5.41, 5.74) is 4.98. The molecule has 1 N–H and O–H groups in total. The van der Waals surface area contributed by atoms with Gasteiger partial charge in [-0.2, -0.15) is 9.50 Å². The Kier molecular flexibility index (Phi) is 5.90. The summed E-state index contributed by atoms with van der Waals surface area (Å²) in [7, 11) is 0. The molecule has 2 aromatic heterocycles. The number of nitrogens with one attached hydrogen (secondary N) is 1. The number of aromatic nitrogens is 4. The van der Waals surface area contributed by atoms with Gasteiger partial charge in [0.05, 0.1) is 0 Å². The predicted molar refractivity (Wildman–Crippen MR) is 126 cm³/mol. The second-order valence-electron chi connectivity index (χ2n) is 7.99. The van der Waals surface area contributed by atoms with E-state index in [1.54, 1.807) is 0 Å². The summed E-state index contributed by atoms with van der Waals surface area (Å²) in [4.78, 5) is 30.5. The van der Waals surface area contributed by atoms with E-state index in [9.17, 15) is 9.59 Å². The van der Waals surface area contributed by atoms with E-state index in [0.29, 0.717) is 30.1 Å². The third-order valence-corrected chi connectivity index (χ3v) is 5.73. The van der Waals surface area contributed by atoms with E-state index >= 15 is 0 Å². The normalized spacial score (nSPS) is 11.1. The second-order valence-corrected chi connectivity index (χ2v) is 7.99. The highest BCUT2D eigenvalue weighted by atomic mass is 16.1. The summed E-state index contributed by atoms with van der Waals surface area (Å²) in [6.07, 6.45) is 0.538. The molecule has 0 radical (unpaired) electrons. The van der Waals surface area contributed by atoms with Crippen LogP contribution in [0, 0.1) is 20.8 Å². The molecule has 1 amide bonds. The van der Waals surface area contributed by atoms with Crippen LogP contribution in [0.5, 0.6) is 0 Å². The molecule has 0 atom stereocenters. The van der Waals surface area contributed by atoms with E-state index in [2.05, 4.69) is 15.4 Å². The number of hydrogen-bond donors (Lipinski definition) is 1. The number of rotatable bonds is 6. The molecule has 0 unspecified atom stereocenters. The molecular formula is C25H27N5O2. The predicted octanol–water partition coefficient (Wildman–Crippen LogP) is 4.07. The molecule has 7 heteroatoms. The number of carbonyl (C=O) groups excluding carboxylic acids is 1. The average Bonchev–Trinajstić information content (AvgIpc) is 3.22. The molecule has 0 saturated carbocycles. The Morgan fingerprint density at radius 2 is 1.81 bits per heavy atom. The van der Waals surface area contributed by atoms with Gasteiger partial charge in [-0.1, -0.05) is 48.0 Å². The Balaban J connectivity index is 1.63. The summed E-state index contributed by atoms with van der Waals surface area (Å²) >= 11 is 0. The van der Waals surface area contributed by atoms with E-state index < -0.39 is 0 Å². The molecule has 0 aliphatic rings. The van der Waals surface area contributed by atoms with Gasteiger partial charge >= 0.3 is 0 Å². The van der Waals surface area contributed by atoms with Crippen molar-refractivity contribution in [2.75, 3.05) is 5.32 Å². The molecule has 0 fully saturated rings. The summed E-state index contributed by atoms with van der Waals surface area (Å²) in [5.74, 6) is 0.897. The van der Waals surface area contributed by atoms with Crippen molar-refractivity contribution in [1.82, 2.24) is 19.2 Å². The minimum absolute atomic E-state index is 0.123. The minimum Gasteiger partial charge on any atom is -0.326 e. The number of hydrogen-bond acceptors (Lipinski definition) is 4. The van der Waals surface area contributed by atoms with E-state index in [1.807, 2.05) is 80.8 Å². The van der Waals surface area contributed by atoms with Gasteiger partial charge in [0.1, 0.15) is 0 Å². The zero-order valence-electron chi connectivity index (χ0n) is 18.8. The van der Waals surface area contributed by atoms with E-state index in [0.717, 1.165) is 28.1 Å². The van der Waals surface area contributed by atoms with Crippen molar-refractivity contribution in [3.63, 3.8) is 0 Å². The van der Waals surface area contributed by atoms with Crippen LogP contribution in [-0.4, -0.2) is 25.1 Å². The van der Waals surface area contributed by atoms with E-state index in [4.69, 9.17) is 0 Å². The topological polar surface area (TPSA) is 81.3 Å². The smallest absolute Gasteiger partial charge is 0.279 e. The van der Waals surface area contributed by atoms with Crippen LogP contribution in [0.1, 0.15) is 35.7 Å². The fourth-order valence-electron chi connectivity index (χ4n) is 3.99. The molecular weight excluding hydrogens is 402 g/mol. The number of amides is 1. The van der Waals surface area contributed by atoms with Crippen LogP contribution in [-0.2, 0) is 17.8 Å². The number of nitrogens with zero attached hydrogens (tertiary/aromatic N) is 4. The van der Waals surface area contributed by atoms with Crippen molar-refractivity contribution in [2.24, 2.45) is 0 Å². The van der Waals surface area contributed by atoms with Crippen LogP contribution >= 0.6 is 0 Å². The van der Waals surface area contributed by atoms with Gasteiger partial charge in [0.15, 0.2) is 5.82 Å². The maximum atomic E-state index is 13.2. The highest BCUT2D eigenvalue weighted by molar-refractivity contribution is 5.91. The van der Waals surface area contributed by atoms with Crippen molar-refractivity contribution < 1.29 is 4.79 Å². The molecule has 4 aromatic rings. The van der Waals surface area contributed by atoms with Gasteiger partial charge in [-0.15, -0.1) is 5.10 Å². The Morgan fingerprint density at radius 3 is 2.50 bits per heavy atom. The summed E-state index contributed by atoms with van der Waals surface area (Å²) in [6.45, 7) is 8.54. The van der Waals surface area contributed by atoms with Crippen molar-refractivity contribution in [1.29, 1.82) is 0 Å². The highest BCUT2D eigenvalue weighted by Gasteiger charge is 2.18. The van der Waals surface area contributed by atoms with Crippen LogP contribution < -0.4 is 10.9 Å². The monoisotopic (exact) mass is 429 g/mol. The minimum atomic E-state index is -0.226. The molecule has 2 aromatic carbocycles.